The van der Waals surface area contributed by atoms with E-state index in [0.717, 1.165) is 32.6 Å². The normalized spacial score (nSPS) is 27.2. The average Bonchev–Trinajstić information content (AvgIpc) is 2.61. The van der Waals surface area contributed by atoms with Gasteiger partial charge in [-0.25, -0.2) is 4.79 Å². The van der Waals surface area contributed by atoms with E-state index >= 15 is 0 Å². The van der Waals surface area contributed by atoms with E-state index in [2.05, 4.69) is 15.5 Å². The summed E-state index contributed by atoms with van der Waals surface area (Å²) < 4.78 is 5.80. The molecule has 25 heavy (non-hydrogen) atoms. The van der Waals surface area contributed by atoms with Crippen LogP contribution in [0.15, 0.2) is 12.2 Å². The van der Waals surface area contributed by atoms with E-state index in [9.17, 15) is 14.7 Å². The van der Waals surface area contributed by atoms with Crippen LogP contribution in [0, 0.1) is 0 Å². The third-order valence-corrected chi connectivity index (χ3v) is 4.53. The van der Waals surface area contributed by atoms with Gasteiger partial charge in [-0.3, -0.25) is 4.79 Å². The van der Waals surface area contributed by atoms with Gasteiger partial charge in [0.2, 0.25) is 5.91 Å². The van der Waals surface area contributed by atoms with Crippen LogP contribution in [0.5, 0.6) is 0 Å². The van der Waals surface area contributed by atoms with Crippen molar-refractivity contribution in [2.45, 2.75) is 38.0 Å². The molecule has 2 aliphatic heterocycles. The van der Waals surface area contributed by atoms with E-state index in [0.29, 0.717) is 6.54 Å². The Balaban J connectivity index is 1.84. The topological polar surface area (TPSA) is 94.1 Å². The lowest BCUT2D eigenvalue weighted by atomic mass is 10.0. The van der Waals surface area contributed by atoms with Gasteiger partial charge in [-0.15, -0.1) is 0 Å². The van der Waals surface area contributed by atoms with Crippen molar-refractivity contribution in [1.29, 1.82) is 0 Å². The summed E-state index contributed by atoms with van der Waals surface area (Å²) in [4.78, 5) is 28.2. The molecule has 0 unspecified atom stereocenters. The predicted molar refractivity (Wildman–Crippen MR) is 94.2 cm³/mol. The van der Waals surface area contributed by atoms with Gasteiger partial charge in [0.15, 0.2) is 0 Å². The van der Waals surface area contributed by atoms with Crippen LogP contribution < -0.4 is 10.6 Å². The number of piperazine rings is 1. The van der Waals surface area contributed by atoms with Crippen molar-refractivity contribution in [1.82, 2.24) is 20.4 Å². The second kappa shape index (κ2) is 9.74. The van der Waals surface area contributed by atoms with Crippen LogP contribution in [0.1, 0.15) is 19.8 Å². The summed E-state index contributed by atoms with van der Waals surface area (Å²) in [6.07, 6.45) is 3.78. The summed E-state index contributed by atoms with van der Waals surface area (Å²) in [5, 5.41) is 15.1. The quantitative estimate of drug-likeness (QED) is 0.562. The molecule has 142 valence electrons. The number of carbonyl (C=O) groups is 2. The van der Waals surface area contributed by atoms with Crippen molar-refractivity contribution < 1.29 is 19.4 Å². The number of amides is 3. The van der Waals surface area contributed by atoms with Crippen molar-refractivity contribution >= 4 is 11.9 Å². The highest BCUT2D eigenvalue weighted by molar-refractivity contribution is 5.77. The molecule has 2 rings (SSSR count). The molecule has 0 aliphatic carbocycles. The highest BCUT2D eigenvalue weighted by Gasteiger charge is 2.30. The Morgan fingerprint density at radius 3 is 2.60 bits per heavy atom. The smallest absolute Gasteiger partial charge is 0.315 e. The fourth-order valence-corrected chi connectivity index (χ4v) is 2.93. The van der Waals surface area contributed by atoms with Gasteiger partial charge in [0.05, 0.1) is 25.2 Å². The highest BCUT2D eigenvalue weighted by Crippen LogP contribution is 2.17. The minimum atomic E-state index is -0.553. The Bertz CT molecular complexity index is 477. The molecule has 3 atom stereocenters. The van der Waals surface area contributed by atoms with Gasteiger partial charge >= 0.3 is 6.03 Å². The molecule has 1 saturated heterocycles. The molecule has 8 heteroatoms. The summed E-state index contributed by atoms with van der Waals surface area (Å²) >= 11 is 0. The van der Waals surface area contributed by atoms with Gasteiger partial charge in [-0.2, -0.15) is 0 Å². The number of aliphatic hydroxyl groups is 1. The van der Waals surface area contributed by atoms with E-state index in [4.69, 9.17) is 4.74 Å². The summed E-state index contributed by atoms with van der Waals surface area (Å²) in [6.45, 7) is 5.57. The number of carbonyl (C=O) groups excluding carboxylic acids is 2. The van der Waals surface area contributed by atoms with Crippen molar-refractivity contribution in [2.75, 3.05) is 46.4 Å². The fourth-order valence-electron chi connectivity index (χ4n) is 2.93. The highest BCUT2D eigenvalue weighted by atomic mass is 16.5. The second-order valence-electron chi connectivity index (χ2n) is 6.59. The minimum absolute atomic E-state index is 0.0616. The van der Waals surface area contributed by atoms with Crippen molar-refractivity contribution in [2.24, 2.45) is 0 Å². The Morgan fingerprint density at radius 2 is 1.96 bits per heavy atom. The zero-order valence-electron chi connectivity index (χ0n) is 15.1. The van der Waals surface area contributed by atoms with Gasteiger partial charge in [-0.05, 0) is 13.5 Å². The lowest BCUT2D eigenvalue weighted by Gasteiger charge is -2.35. The van der Waals surface area contributed by atoms with E-state index in [1.165, 1.54) is 0 Å². The number of rotatable bonds is 6. The third kappa shape index (κ3) is 5.98. The summed E-state index contributed by atoms with van der Waals surface area (Å²) in [7, 11) is 2.05. The first-order valence-electron chi connectivity index (χ1n) is 8.98. The van der Waals surface area contributed by atoms with Gasteiger partial charge in [0, 0.05) is 32.7 Å². The van der Waals surface area contributed by atoms with E-state index < -0.39 is 12.1 Å². The molecule has 0 bridgehead atoms. The molecule has 2 heterocycles. The van der Waals surface area contributed by atoms with Crippen LogP contribution in [0.25, 0.3) is 0 Å². The van der Waals surface area contributed by atoms with Gasteiger partial charge in [-0.1, -0.05) is 19.1 Å². The molecular formula is C17H30N4O4. The van der Waals surface area contributed by atoms with Gasteiger partial charge in [0.25, 0.3) is 0 Å². The van der Waals surface area contributed by atoms with E-state index in [1.807, 2.05) is 18.9 Å². The zero-order chi connectivity index (χ0) is 18.2. The summed E-state index contributed by atoms with van der Waals surface area (Å²) in [5.41, 5.74) is 0. The number of ether oxygens (including phenoxy) is 1. The molecular weight excluding hydrogens is 324 g/mol. The molecule has 0 aromatic rings. The maximum absolute atomic E-state index is 12.4. The molecule has 0 saturated carbocycles. The average molecular weight is 354 g/mol. The number of nitrogens with one attached hydrogen (secondary N) is 2. The first kappa shape index (κ1) is 19.7. The molecule has 1 fully saturated rings. The van der Waals surface area contributed by atoms with Crippen LogP contribution in [0.4, 0.5) is 4.79 Å². The van der Waals surface area contributed by atoms with Crippen LogP contribution in [0.2, 0.25) is 0 Å². The molecule has 0 aromatic carbocycles. The predicted octanol–water partition coefficient (Wildman–Crippen LogP) is -0.456. The van der Waals surface area contributed by atoms with Gasteiger partial charge < -0.3 is 30.3 Å². The Morgan fingerprint density at radius 1 is 1.24 bits per heavy atom. The van der Waals surface area contributed by atoms with Crippen LogP contribution in [0.3, 0.4) is 0 Å². The summed E-state index contributed by atoms with van der Waals surface area (Å²) in [6, 6.07) is -0.692. The van der Waals surface area contributed by atoms with Crippen LogP contribution >= 0.6 is 0 Å². The molecule has 8 nitrogen and oxygen atoms in total. The van der Waals surface area contributed by atoms with E-state index in [1.54, 1.807) is 12.2 Å². The number of aliphatic hydroxyl groups excluding tert-OH is 1. The number of nitrogens with zero attached hydrogens (tertiary/aromatic N) is 2. The van der Waals surface area contributed by atoms with Crippen LogP contribution in [-0.4, -0.2) is 91.5 Å². The first-order chi connectivity index (χ1) is 12.0. The number of hydrogen-bond donors (Lipinski definition) is 3. The second-order valence-corrected chi connectivity index (χ2v) is 6.59. The molecule has 2 aliphatic rings. The van der Waals surface area contributed by atoms with Crippen LogP contribution in [-0.2, 0) is 9.53 Å². The molecule has 3 N–H and O–H groups in total. The monoisotopic (exact) mass is 354 g/mol. The summed E-state index contributed by atoms with van der Waals surface area (Å²) in [5.74, 6) is 0.0616. The minimum Gasteiger partial charge on any atom is -0.394 e. The lowest BCUT2D eigenvalue weighted by Crippen LogP contribution is -2.52. The Labute approximate surface area is 149 Å². The number of hydrogen-bond acceptors (Lipinski definition) is 5. The standard InChI is InChI=1S/C17H30N4O4/c1-3-6-18-17(24)19-14-5-4-13(25-15(14)12-22)11-16(23)21-9-7-20(2)8-10-21/h4-5,13-15,22H,3,6-12H2,1-2H3,(H2,18,19,24)/t13-,14+,15+/m0/s1. The SMILES string of the molecule is CCCNC(=O)N[C@@H]1C=C[C@@H](CC(=O)N2CCN(C)CC2)O[C@@H]1CO. The molecule has 0 spiro atoms. The van der Waals surface area contributed by atoms with E-state index in [-0.39, 0.29) is 31.1 Å². The number of likely N-dealkylation sites (N-methyl/N-ethyl adjacent to an activating group) is 1. The largest absolute Gasteiger partial charge is 0.394 e. The lowest BCUT2D eigenvalue weighted by molar-refractivity contribution is -0.137. The molecule has 3 amide bonds. The third-order valence-electron chi connectivity index (χ3n) is 4.53. The van der Waals surface area contributed by atoms with Crippen molar-refractivity contribution in [3.05, 3.63) is 12.2 Å². The Kier molecular flexibility index (Phi) is 7.67. The molecule has 0 aromatic heterocycles. The maximum atomic E-state index is 12.4. The van der Waals surface area contributed by atoms with Crippen molar-refractivity contribution in [3.63, 3.8) is 0 Å². The number of urea groups is 1. The maximum Gasteiger partial charge on any atom is 0.315 e. The first-order valence-corrected chi connectivity index (χ1v) is 8.98. The van der Waals surface area contributed by atoms with Crippen molar-refractivity contribution in [3.8, 4) is 0 Å². The molecule has 0 radical (unpaired) electrons. The Hall–Kier alpha value is -1.64. The van der Waals surface area contributed by atoms with Gasteiger partial charge in [0.1, 0.15) is 6.10 Å². The zero-order valence-corrected chi connectivity index (χ0v) is 15.1. The fraction of sp³-hybridized carbons (Fsp3) is 0.765.